The van der Waals surface area contributed by atoms with Gasteiger partial charge >= 0.3 is 0 Å². The molecule has 0 saturated carbocycles. The van der Waals surface area contributed by atoms with Crippen LogP contribution in [0, 0.1) is 0 Å². The number of nitrogens with one attached hydrogen (secondary N) is 1. The van der Waals surface area contributed by atoms with Crippen molar-refractivity contribution in [3.05, 3.63) is 105 Å². The number of aromatic nitrogens is 1. The maximum absolute atomic E-state index is 6.27. The molecule has 0 aliphatic heterocycles. The summed E-state index contributed by atoms with van der Waals surface area (Å²) in [6, 6.07) is 22.2. The molecule has 0 unspecified atom stereocenters. The lowest BCUT2D eigenvalue weighted by atomic mass is 10.1. The molecule has 5 heteroatoms. The molecular weight excluding hydrogens is 423 g/mol. The van der Waals surface area contributed by atoms with Gasteiger partial charge in [-0.1, -0.05) is 71.2 Å². The van der Waals surface area contributed by atoms with Crippen molar-refractivity contribution in [2.45, 2.75) is 19.5 Å². The molecule has 0 amide bonds. The average Bonchev–Trinajstić information content (AvgIpc) is 3.04. The lowest BCUT2D eigenvalue weighted by molar-refractivity contribution is 0.686. The number of para-hydroxylation sites is 1. The van der Waals surface area contributed by atoms with Gasteiger partial charge in [-0.2, -0.15) is 0 Å². The second-order valence-electron chi connectivity index (χ2n) is 7.09. The molecule has 29 heavy (non-hydrogen) atoms. The van der Waals surface area contributed by atoms with Crippen LogP contribution in [-0.4, -0.2) is 11.1 Å². The highest BCUT2D eigenvalue weighted by atomic mass is 35.5. The van der Waals surface area contributed by atoms with Gasteiger partial charge in [-0.15, -0.1) is 0 Å². The standard InChI is InChI=1S/C24H21Cl3N2/c25-20-5-3-4-17(12-20)15-29-16-19(22-6-1-2-7-24(22)29)14-28-11-10-18-8-9-21(26)13-23(18)27/h1-9,12-13,16,28H,10-11,14-15H2. The number of halogens is 3. The van der Waals surface area contributed by atoms with Crippen molar-refractivity contribution in [2.24, 2.45) is 0 Å². The Morgan fingerprint density at radius 3 is 2.45 bits per heavy atom. The number of benzene rings is 3. The minimum atomic E-state index is 0.666. The van der Waals surface area contributed by atoms with E-state index in [2.05, 4.69) is 46.4 Å². The Morgan fingerprint density at radius 1 is 0.793 bits per heavy atom. The number of rotatable bonds is 7. The first-order chi connectivity index (χ1) is 14.1. The molecule has 2 nitrogen and oxygen atoms in total. The van der Waals surface area contributed by atoms with E-state index < -0.39 is 0 Å². The summed E-state index contributed by atoms with van der Waals surface area (Å²) in [6.45, 7) is 2.44. The second kappa shape index (κ2) is 9.23. The summed E-state index contributed by atoms with van der Waals surface area (Å²) in [4.78, 5) is 0. The van der Waals surface area contributed by atoms with Gasteiger partial charge in [-0.05, 0) is 60.0 Å². The Morgan fingerprint density at radius 2 is 1.62 bits per heavy atom. The first kappa shape index (κ1) is 20.3. The molecule has 0 radical (unpaired) electrons. The van der Waals surface area contributed by atoms with Crippen LogP contribution in [0.15, 0.2) is 72.9 Å². The molecule has 0 atom stereocenters. The highest BCUT2D eigenvalue weighted by Crippen LogP contribution is 2.24. The SMILES string of the molecule is Clc1cccc(Cn2cc(CNCCc3ccc(Cl)cc3Cl)c3ccccc32)c1. The van der Waals surface area contributed by atoms with Crippen LogP contribution in [0.2, 0.25) is 15.1 Å². The van der Waals surface area contributed by atoms with E-state index in [0.717, 1.165) is 41.7 Å². The highest BCUT2D eigenvalue weighted by molar-refractivity contribution is 6.35. The van der Waals surface area contributed by atoms with Crippen molar-refractivity contribution in [3.8, 4) is 0 Å². The van der Waals surface area contributed by atoms with Gasteiger partial charge in [-0.3, -0.25) is 0 Å². The Bertz CT molecular complexity index is 1130. The van der Waals surface area contributed by atoms with Crippen molar-refractivity contribution in [1.82, 2.24) is 9.88 Å². The fourth-order valence-corrected chi connectivity index (χ4v) is 4.31. The van der Waals surface area contributed by atoms with Crippen molar-refractivity contribution >= 4 is 45.7 Å². The predicted octanol–water partition coefficient (Wildman–Crippen LogP) is 6.98. The third kappa shape index (κ3) is 4.96. The van der Waals surface area contributed by atoms with Gasteiger partial charge in [0, 0.05) is 45.3 Å². The number of hydrogen-bond donors (Lipinski definition) is 1. The quantitative estimate of drug-likeness (QED) is 0.305. The van der Waals surface area contributed by atoms with Crippen LogP contribution in [0.1, 0.15) is 16.7 Å². The average molecular weight is 444 g/mol. The molecule has 1 aromatic heterocycles. The van der Waals surface area contributed by atoms with Crippen LogP contribution in [0.3, 0.4) is 0 Å². The smallest absolute Gasteiger partial charge is 0.0486 e. The normalized spacial score (nSPS) is 11.3. The minimum Gasteiger partial charge on any atom is -0.343 e. The largest absolute Gasteiger partial charge is 0.343 e. The third-order valence-corrected chi connectivity index (χ3v) is 5.84. The molecule has 148 valence electrons. The van der Waals surface area contributed by atoms with Gasteiger partial charge in [-0.25, -0.2) is 0 Å². The van der Waals surface area contributed by atoms with Gasteiger partial charge in [0.05, 0.1) is 0 Å². The fourth-order valence-electron chi connectivity index (χ4n) is 3.60. The van der Waals surface area contributed by atoms with E-state index in [-0.39, 0.29) is 0 Å². The summed E-state index contributed by atoms with van der Waals surface area (Å²) in [5.41, 5.74) is 4.80. The second-order valence-corrected chi connectivity index (χ2v) is 8.37. The van der Waals surface area contributed by atoms with Crippen molar-refractivity contribution in [2.75, 3.05) is 6.54 Å². The molecule has 0 aliphatic rings. The van der Waals surface area contributed by atoms with Crippen LogP contribution in [-0.2, 0) is 19.5 Å². The number of hydrogen-bond acceptors (Lipinski definition) is 1. The molecule has 4 rings (SSSR count). The predicted molar refractivity (Wildman–Crippen MR) is 124 cm³/mol. The fraction of sp³-hybridized carbons (Fsp3) is 0.167. The van der Waals surface area contributed by atoms with Crippen LogP contribution in [0.4, 0.5) is 0 Å². The Hall–Kier alpha value is -1.97. The topological polar surface area (TPSA) is 17.0 Å². The molecular formula is C24H21Cl3N2. The first-order valence-corrected chi connectivity index (χ1v) is 10.7. The molecule has 0 bridgehead atoms. The molecule has 1 N–H and O–H groups in total. The van der Waals surface area contributed by atoms with Crippen LogP contribution >= 0.6 is 34.8 Å². The zero-order valence-electron chi connectivity index (χ0n) is 15.8. The molecule has 0 spiro atoms. The monoisotopic (exact) mass is 442 g/mol. The van der Waals surface area contributed by atoms with Crippen LogP contribution in [0.5, 0.6) is 0 Å². The first-order valence-electron chi connectivity index (χ1n) is 9.56. The Labute approximate surface area is 186 Å². The summed E-state index contributed by atoms with van der Waals surface area (Å²) in [6.07, 6.45) is 3.09. The Kier molecular flexibility index (Phi) is 6.46. The number of nitrogens with zero attached hydrogens (tertiary/aromatic N) is 1. The number of fused-ring (bicyclic) bond motifs is 1. The van der Waals surface area contributed by atoms with Crippen LogP contribution in [0.25, 0.3) is 10.9 Å². The van der Waals surface area contributed by atoms with E-state index in [1.165, 1.54) is 22.0 Å². The lowest BCUT2D eigenvalue weighted by Crippen LogP contribution is -2.16. The molecule has 3 aromatic carbocycles. The Balaban J connectivity index is 1.46. The van der Waals surface area contributed by atoms with Gasteiger partial charge in [0.2, 0.25) is 0 Å². The summed E-state index contributed by atoms with van der Waals surface area (Å²) in [7, 11) is 0. The molecule has 0 saturated heterocycles. The highest BCUT2D eigenvalue weighted by Gasteiger charge is 2.09. The lowest BCUT2D eigenvalue weighted by Gasteiger charge is -2.07. The van der Waals surface area contributed by atoms with E-state index in [4.69, 9.17) is 34.8 Å². The van der Waals surface area contributed by atoms with Gasteiger partial charge < -0.3 is 9.88 Å². The summed E-state index contributed by atoms with van der Waals surface area (Å²) in [5.74, 6) is 0. The van der Waals surface area contributed by atoms with Gasteiger partial charge in [0.1, 0.15) is 0 Å². The van der Waals surface area contributed by atoms with Gasteiger partial charge in [0.25, 0.3) is 0 Å². The summed E-state index contributed by atoms with van der Waals surface area (Å²) in [5, 5.41) is 6.97. The molecule has 4 aromatic rings. The van der Waals surface area contributed by atoms with Crippen molar-refractivity contribution in [1.29, 1.82) is 0 Å². The summed E-state index contributed by atoms with van der Waals surface area (Å²) >= 11 is 18.4. The van der Waals surface area contributed by atoms with Crippen molar-refractivity contribution in [3.63, 3.8) is 0 Å². The van der Waals surface area contributed by atoms with E-state index in [9.17, 15) is 0 Å². The van der Waals surface area contributed by atoms with E-state index in [1.54, 1.807) is 6.07 Å². The summed E-state index contributed by atoms with van der Waals surface area (Å²) < 4.78 is 2.29. The minimum absolute atomic E-state index is 0.666. The zero-order valence-corrected chi connectivity index (χ0v) is 18.1. The van der Waals surface area contributed by atoms with Crippen molar-refractivity contribution < 1.29 is 0 Å². The maximum Gasteiger partial charge on any atom is 0.0486 e. The maximum atomic E-state index is 6.27. The molecule has 0 aliphatic carbocycles. The van der Waals surface area contributed by atoms with Gasteiger partial charge in [0.15, 0.2) is 0 Å². The van der Waals surface area contributed by atoms with E-state index >= 15 is 0 Å². The van der Waals surface area contributed by atoms with E-state index in [1.807, 2.05) is 30.3 Å². The molecule has 1 heterocycles. The van der Waals surface area contributed by atoms with Crippen LogP contribution < -0.4 is 5.32 Å². The third-order valence-electron chi connectivity index (χ3n) is 5.01. The molecule has 0 fully saturated rings. The van der Waals surface area contributed by atoms with E-state index in [0.29, 0.717) is 5.02 Å². The zero-order chi connectivity index (χ0) is 20.2.